The van der Waals surface area contributed by atoms with Crippen LogP contribution in [0, 0.1) is 19.7 Å². The molecule has 4 aromatic rings. The number of amides is 1. The molecule has 0 atom stereocenters. The van der Waals surface area contributed by atoms with Crippen molar-refractivity contribution in [2.45, 2.75) is 27.0 Å². The Bertz CT molecular complexity index is 1360. The van der Waals surface area contributed by atoms with Gasteiger partial charge in [-0.1, -0.05) is 51.8 Å². The highest BCUT2D eigenvalue weighted by atomic mass is 79.9. The summed E-state index contributed by atoms with van der Waals surface area (Å²) in [6.07, 6.45) is 0. The average molecular weight is 543 g/mol. The Hall–Kier alpha value is -3.16. The Balaban J connectivity index is 1.47. The molecule has 4 rings (SSSR count). The van der Waals surface area contributed by atoms with Gasteiger partial charge in [0.05, 0.1) is 23.6 Å². The van der Waals surface area contributed by atoms with Crippen LogP contribution >= 0.6 is 27.5 Å². The third kappa shape index (κ3) is 5.66. The first-order chi connectivity index (χ1) is 16.3. The average Bonchev–Trinajstić information content (AvgIpc) is 3.07. The molecule has 1 heterocycles. The highest BCUT2D eigenvalue weighted by Crippen LogP contribution is 2.24. The number of carbonyl (C=O) groups is 1. The molecule has 0 aliphatic carbocycles. The fraction of sp³-hybridized carbons (Fsp3) is 0.154. The molecule has 174 valence electrons. The van der Waals surface area contributed by atoms with Gasteiger partial charge < -0.3 is 10.1 Å². The van der Waals surface area contributed by atoms with Crippen LogP contribution in [0.4, 0.5) is 10.1 Å². The van der Waals surface area contributed by atoms with Crippen molar-refractivity contribution in [3.8, 4) is 5.75 Å². The van der Waals surface area contributed by atoms with Gasteiger partial charge in [-0.05, 0) is 67.4 Å². The number of rotatable bonds is 7. The van der Waals surface area contributed by atoms with Crippen LogP contribution in [0.1, 0.15) is 32.9 Å². The first kappa shape index (κ1) is 24.0. The molecule has 8 heteroatoms. The van der Waals surface area contributed by atoms with Crippen molar-refractivity contribution >= 4 is 39.1 Å². The van der Waals surface area contributed by atoms with Gasteiger partial charge in [-0.15, -0.1) is 0 Å². The summed E-state index contributed by atoms with van der Waals surface area (Å²) in [4.78, 5) is 13.0. The van der Waals surface area contributed by atoms with Gasteiger partial charge in [0.2, 0.25) is 0 Å². The van der Waals surface area contributed by atoms with E-state index in [1.807, 2.05) is 50.2 Å². The molecule has 0 radical (unpaired) electrons. The number of anilines is 1. The van der Waals surface area contributed by atoms with E-state index in [2.05, 4.69) is 26.3 Å². The second-order valence-electron chi connectivity index (χ2n) is 7.84. The van der Waals surface area contributed by atoms with Gasteiger partial charge in [0, 0.05) is 15.1 Å². The smallest absolute Gasteiger partial charge is 0.255 e. The number of nitrogens with zero attached hydrogens (tertiary/aromatic N) is 2. The van der Waals surface area contributed by atoms with E-state index in [4.69, 9.17) is 16.3 Å². The molecule has 0 aliphatic rings. The Morgan fingerprint density at radius 1 is 1.12 bits per heavy atom. The standard InChI is InChI=1S/C26H22BrClFN3O2/c1-16-25(17(2)32(31-16)14-20-9-10-22(29)13-24(20)28)30-26(33)19-6-3-5-18(11-19)15-34-23-8-4-7-21(27)12-23/h3-13H,14-15H2,1-2H3,(H,30,33). The van der Waals surface area contributed by atoms with Crippen LogP contribution in [-0.2, 0) is 13.2 Å². The quantitative estimate of drug-likeness (QED) is 0.275. The van der Waals surface area contributed by atoms with Crippen LogP contribution in [0.5, 0.6) is 5.75 Å². The van der Waals surface area contributed by atoms with E-state index in [1.165, 1.54) is 12.1 Å². The third-order valence-corrected chi connectivity index (χ3v) is 6.19. The first-order valence-corrected chi connectivity index (χ1v) is 11.7. The Morgan fingerprint density at radius 3 is 2.68 bits per heavy atom. The lowest BCUT2D eigenvalue weighted by Gasteiger charge is -2.10. The lowest BCUT2D eigenvalue weighted by molar-refractivity contribution is 0.102. The molecule has 1 N–H and O–H groups in total. The van der Waals surface area contributed by atoms with Crippen LogP contribution in [0.15, 0.2) is 71.2 Å². The normalized spacial score (nSPS) is 10.9. The molecule has 1 aromatic heterocycles. The molecule has 34 heavy (non-hydrogen) atoms. The number of ether oxygens (including phenoxy) is 1. The summed E-state index contributed by atoms with van der Waals surface area (Å²) in [5, 5.41) is 7.83. The van der Waals surface area contributed by atoms with Crippen molar-refractivity contribution < 1.29 is 13.9 Å². The Kier molecular flexibility index (Phi) is 7.34. The number of hydrogen-bond acceptors (Lipinski definition) is 3. The van der Waals surface area contributed by atoms with Gasteiger partial charge in [0.1, 0.15) is 18.2 Å². The number of nitrogens with one attached hydrogen (secondary N) is 1. The van der Waals surface area contributed by atoms with E-state index in [1.54, 1.807) is 22.9 Å². The van der Waals surface area contributed by atoms with Gasteiger partial charge in [0.15, 0.2) is 0 Å². The minimum Gasteiger partial charge on any atom is -0.489 e. The number of aromatic nitrogens is 2. The van der Waals surface area contributed by atoms with E-state index in [0.29, 0.717) is 35.1 Å². The first-order valence-electron chi connectivity index (χ1n) is 10.6. The number of carbonyl (C=O) groups excluding carboxylic acids is 1. The molecule has 3 aromatic carbocycles. The molecular formula is C26H22BrClFN3O2. The van der Waals surface area contributed by atoms with E-state index in [-0.39, 0.29) is 11.7 Å². The molecule has 0 saturated carbocycles. The molecule has 0 unspecified atom stereocenters. The lowest BCUT2D eigenvalue weighted by atomic mass is 10.1. The zero-order valence-electron chi connectivity index (χ0n) is 18.6. The van der Waals surface area contributed by atoms with Crippen molar-refractivity contribution in [1.29, 1.82) is 0 Å². The van der Waals surface area contributed by atoms with Gasteiger partial charge in [0.25, 0.3) is 5.91 Å². The third-order valence-electron chi connectivity index (χ3n) is 5.35. The zero-order valence-corrected chi connectivity index (χ0v) is 21.0. The maximum absolute atomic E-state index is 13.4. The number of benzene rings is 3. The second-order valence-corrected chi connectivity index (χ2v) is 9.16. The van der Waals surface area contributed by atoms with Crippen LogP contribution in [-0.4, -0.2) is 15.7 Å². The molecule has 0 saturated heterocycles. The molecule has 0 fully saturated rings. The van der Waals surface area contributed by atoms with Crippen molar-refractivity contribution in [3.63, 3.8) is 0 Å². The van der Waals surface area contributed by atoms with Crippen molar-refractivity contribution in [3.05, 3.63) is 110 Å². The van der Waals surface area contributed by atoms with Gasteiger partial charge in [-0.3, -0.25) is 9.48 Å². The summed E-state index contributed by atoms with van der Waals surface area (Å²) in [6.45, 7) is 4.40. The second kappa shape index (κ2) is 10.4. The highest BCUT2D eigenvalue weighted by molar-refractivity contribution is 9.10. The maximum atomic E-state index is 13.4. The predicted octanol–water partition coefficient (Wildman–Crippen LogP) is 6.93. The zero-order chi connectivity index (χ0) is 24.2. The fourth-order valence-electron chi connectivity index (χ4n) is 3.55. The summed E-state index contributed by atoms with van der Waals surface area (Å²) in [5.41, 5.74) is 4.23. The van der Waals surface area contributed by atoms with Gasteiger partial charge >= 0.3 is 0 Å². The minimum atomic E-state index is -0.390. The molecule has 0 spiro atoms. The molecule has 1 amide bonds. The summed E-state index contributed by atoms with van der Waals surface area (Å²) >= 11 is 9.59. The number of halogens is 3. The molecule has 0 bridgehead atoms. The van der Waals surface area contributed by atoms with Crippen molar-refractivity contribution in [2.24, 2.45) is 0 Å². The van der Waals surface area contributed by atoms with Crippen molar-refractivity contribution in [1.82, 2.24) is 9.78 Å². The van der Waals surface area contributed by atoms with Crippen LogP contribution in [0.2, 0.25) is 5.02 Å². The SMILES string of the molecule is Cc1nn(Cc2ccc(F)cc2Cl)c(C)c1NC(=O)c1cccc(COc2cccc(Br)c2)c1. The summed E-state index contributed by atoms with van der Waals surface area (Å²) in [6, 6.07) is 19.2. The summed E-state index contributed by atoms with van der Waals surface area (Å²) < 4.78 is 21.9. The molecular weight excluding hydrogens is 521 g/mol. The Labute approximate surface area is 210 Å². The van der Waals surface area contributed by atoms with Crippen molar-refractivity contribution in [2.75, 3.05) is 5.32 Å². The predicted molar refractivity (Wildman–Crippen MR) is 135 cm³/mol. The van der Waals surface area contributed by atoms with E-state index in [9.17, 15) is 9.18 Å². The molecule has 0 aliphatic heterocycles. The van der Waals surface area contributed by atoms with Crippen LogP contribution in [0.25, 0.3) is 0 Å². The lowest BCUT2D eigenvalue weighted by Crippen LogP contribution is -2.14. The van der Waals surface area contributed by atoms with E-state index < -0.39 is 0 Å². The monoisotopic (exact) mass is 541 g/mol. The summed E-state index contributed by atoms with van der Waals surface area (Å²) in [5.74, 6) is 0.110. The maximum Gasteiger partial charge on any atom is 0.255 e. The highest BCUT2D eigenvalue weighted by Gasteiger charge is 2.16. The number of aryl methyl sites for hydroxylation is 1. The topological polar surface area (TPSA) is 56.2 Å². The number of hydrogen-bond donors (Lipinski definition) is 1. The fourth-order valence-corrected chi connectivity index (χ4v) is 4.16. The van der Waals surface area contributed by atoms with Gasteiger partial charge in [-0.25, -0.2) is 4.39 Å². The largest absolute Gasteiger partial charge is 0.489 e. The van der Waals surface area contributed by atoms with E-state index in [0.717, 1.165) is 27.0 Å². The van der Waals surface area contributed by atoms with Crippen LogP contribution < -0.4 is 10.1 Å². The Morgan fingerprint density at radius 2 is 1.91 bits per heavy atom. The molecule has 5 nitrogen and oxygen atoms in total. The van der Waals surface area contributed by atoms with E-state index >= 15 is 0 Å². The van der Waals surface area contributed by atoms with Gasteiger partial charge in [-0.2, -0.15) is 5.10 Å². The minimum absolute atomic E-state index is 0.241. The summed E-state index contributed by atoms with van der Waals surface area (Å²) in [7, 11) is 0. The van der Waals surface area contributed by atoms with Crippen LogP contribution in [0.3, 0.4) is 0 Å².